The first-order valence-electron chi connectivity index (χ1n) is 5.79. The summed E-state index contributed by atoms with van der Waals surface area (Å²) in [6, 6.07) is 0. The molecule has 0 aliphatic heterocycles. The minimum atomic E-state index is -2.64. The van der Waals surface area contributed by atoms with E-state index in [1.165, 1.54) is 6.92 Å². The van der Waals surface area contributed by atoms with Crippen LogP contribution in [0.3, 0.4) is 0 Å². The van der Waals surface area contributed by atoms with Gasteiger partial charge >= 0.3 is 17.9 Å². The molecule has 19 heavy (non-hydrogen) atoms. The van der Waals surface area contributed by atoms with Gasteiger partial charge in [-0.1, -0.05) is 0 Å². The Hall–Kier alpha value is -1.22. The van der Waals surface area contributed by atoms with Gasteiger partial charge in [0.15, 0.2) is 0 Å². The molecular formula is C11H20O8. The van der Waals surface area contributed by atoms with Crippen molar-refractivity contribution in [2.45, 2.75) is 57.9 Å². The van der Waals surface area contributed by atoms with Gasteiger partial charge in [0.2, 0.25) is 0 Å². The van der Waals surface area contributed by atoms with E-state index in [4.69, 9.17) is 15.3 Å². The lowest BCUT2D eigenvalue weighted by Crippen LogP contribution is -2.44. The van der Waals surface area contributed by atoms with E-state index in [1.54, 1.807) is 0 Å². The molecule has 0 heterocycles. The first-order valence-corrected chi connectivity index (χ1v) is 5.79. The molecule has 0 rings (SSSR count). The molecule has 0 spiro atoms. The number of carbonyl (C=O) groups excluding carboxylic acids is 2. The number of aliphatic hydroxyl groups excluding tert-OH is 3. The quantitative estimate of drug-likeness (QED) is 0.332. The fraction of sp³-hybridized carbons (Fsp3) is 0.818. The van der Waals surface area contributed by atoms with E-state index >= 15 is 0 Å². The second-order valence-electron chi connectivity index (χ2n) is 4.29. The molecule has 0 bridgehead atoms. The van der Waals surface area contributed by atoms with Gasteiger partial charge in [0.1, 0.15) is 12.2 Å². The Balaban J connectivity index is 4.80. The third-order valence-corrected chi connectivity index (χ3v) is 2.08. The molecule has 0 aliphatic rings. The molecule has 0 saturated carbocycles. The number of ether oxygens (including phenoxy) is 2. The lowest BCUT2D eigenvalue weighted by molar-refractivity contribution is -0.333. The maximum atomic E-state index is 11.2. The van der Waals surface area contributed by atoms with Crippen LogP contribution in [0.1, 0.15) is 33.6 Å². The van der Waals surface area contributed by atoms with Gasteiger partial charge in [-0.05, 0) is 27.2 Å². The molecular weight excluding hydrogens is 260 g/mol. The van der Waals surface area contributed by atoms with Crippen LogP contribution in [0.4, 0.5) is 0 Å². The molecule has 8 nitrogen and oxygen atoms in total. The van der Waals surface area contributed by atoms with E-state index in [9.17, 15) is 14.7 Å². The smallest absolute Gasteiger partial charge is 0.373 e. The summed E-state index contributed by atoms with van der Waals surface area (Å²) in [5.41, 5.74) is 0. The van der Waals surface area contributed by atoms with E-state index in [2.05, 4.69) is 9.47 Å². The predicted octanol–water partition coefficient (Wildman–Crippen LogP) is -1.36. The summed E-state index contributed by atoms with van der Waals surface area (Å²) in [7, 11) is 0. The zero-order valence-electron chi connectivity index (χ0n) is 11.1. The molecule has 0 aromatic rings. The maximum absolute atomic E-state index is 11.2. The van der Waals surface area contributed by atoms with Crippen molar-refractivity contribution >= 4 is 11.9 Å². The molecule has 0 aromatic heterocycles. The number of esters is 2. The van der Waals surface area contributed by atoms with E-state index in [0.717, 1.165) is 13.8 Å². The van der Waals surface area contributed by atoms with Crippen LogP contribution in [0.2, 0.25) is 0 Å². The van der Waals surface area contributed by atoms with Crippen LogP contribution in [-0.4, -0.2) is 56.6 Å². The highest BCUT2D eigenvalue weighted by Crippen LogP contribution is 2.20. The number of rotatable bonds is 7. The molecule has 4 N–H and O–H groups in total. The van der Waals surface area contributed by atoms with Crippen LogP contribution in [0.25, 0.3) is 0 Å². The van der Waals surface area contributed by atoms with Gasteiger partial charge < -0.3 is 29.9 Å². The number of hydrogen-bond donors (Lipinski definition) is 4. The molecule has 0 fully saturated rings. The Bertz CT molecular complexity index is 288. The Kier molecular flexibility index (Phi) is 6.91. The van der Waals surface area contributed by atoms with Gasteiger partial charge in [-0.2, -0.15) is 0 Å². The average Bonchev–Trinajstić information content (AvgIpc) is 2.26. The van der Waals surface area contributed by atoms with Crippen LogP contribution in [0, 0.1) is 0 Å². The standard InChI is InChI=1S/C11H20O8/c1-6(12)4-5-11(17,18-9(15)7(2)13)19-10(16)8(3)14/h6-8,12-14,17H,4-5H2,1-3H3. The maximum Gasteiger partial charge on any atom is 0.373 e. The number of aliphatic hydroxyl groups is 4. The second kappa shape index (κ2) is 7.39. The summed E-state index contributed by atoms with van der Waals surface area (Å²) in [4.78, 5) is 22.4. The summed E-state index contributed by atoms with van der Waals surface area (Å²) >= 11 is 0. The van der Waals surface area contributed by atoms with Gasteiger partial charge in [-0.15, -0.1) is 0 Å². The largest absolute Gasteiger partial charge is 0.396 e. The zero-order chi connectivity index (χ0) is 15.2. The van der Waals surface area contributed by atoms with Crippen molar-refractivity contribution < 1.29 is 39.5 Å². The monoisotopic (exact) mass is 280 g/mol. The van der Waals surface area contributed by atoms with Gasteiger partial charge in [0, 0.05) is 0 Å². The molecule has 3 atom stereocenters. The first-order chi connectivity index (χ1) is 8.57. The molecule has 0 aromatic carbocycles. The van der Waals surface area contributed by atoms with Crippen molar-refractivity contribution in [2.24, 2.45) is 0 Å². The molecule has 112 valence electrons. The molecule has 0 amide bonds. The van der Waals surface area contributed by atoms with Crippen molar-refractivity contribution in [2.75, 3.05) is 0 Å². The van der Waals surface area contributed by atoms with Gasteiger partial charge in [-0.25, -0.2) is 9.59 Å². The van der Waals surface area contributed by atoms with E-state index in [-0.39, 0.29) is 6.42 Å². The van der Waals surface area contributed by atoms with Crippen LogP contribution in [0.15, 0.2) is 0 Å². The van der Waals surface area contributed by atoms with Crippen LogP contribution in [-0.2, 0) is 19.1 Å². The Morgan fingerprint density at radius 3 is 1.63 bits per heavy atom. The summed E-state index contributed by atoms with van der Waals surface area (Å²) in [5, 5.41) is 37.0. The lowest BCUT2D eigenvalue weighted by Gasteiger charge is -2.28. The third kappa shape index (κ3) is 7.06. The van der Waals surface area contributed by atoms with Crippen molar-refractivity contribution in [1.82, 2.24) is 0 Å². The Morgan fingerprint density at radius 1 is 1.00 bits per heavy atom. The molecule has 0 saturated heterocycles. The van der Waals surface area contributed by atoms with Crippen molar-refractivity contribution in [3.05, 3.63) is 0 Å². The topological polar surface area (TPSA) is 134 Å². The normalized spacial score (nSPS) is 18.9. The van der Waals surface area contributed by atoms with Crippen molar-refractivity contribution in [1.29, 1.82) is 0 Å². The summed E-state index contributed by atoms with van der Waals surface area (Å²) in [5.74, 6) is -5.04. The van der Waals surface area contributed by atoms with Crippen LogP contribution in [0.5, 0.6) is 0 Å². The minimum Gasteiger partial charge on any atom is -0.396 e. The highest BCUT2D eigenvalue weighted by Gasteiger charge is 2.38. The van der Waals surface area contributed by atoms with Gasteiger partial charge in [-0.3, -0.25) is 0 Å². The zero-order valence-corrected chi connectivity index (χ0v) is 11.1. The highest BCUT2D eigenvalue weighted by atomic mass is 16.8. The van der Waals surface area contributed by atoms with E-state index < -0.39 is 42.6 Å². The highest BCUT2D eigenvalue weighted by molar-refractivity contribution is 5.76. The van der Waals surface area contributed by atoms with E-state index in [0.29, 0.717) is 0 Å². The molecule has 0 radical (unpaired) electrons. The van der Waals surface area contributed by atoms with Crippen LogP contribution < -0.4 is 0 Å². The fourth-order valence-corrected chi connectivity index (χ4v) is 0.999. The number of hydrogen-bond acceptors (Lipinski definition) is 8. The third-order valence-electron chi connectivity index (χ3n) is 2.08. The van der Waals surface area contributed by atoms with Gasteiger partial charge in [0.25, 0.3) is 0 Å². The first kappa shape index (κ1) is 17.8. The Morgan fingerprint density at radius 2 is 1.37 bits per heavy atom. The van der Waals surface area contributed by atoms with Gasteiger partial charge in [0.05, 0.1) is 12.5 Å². The Labute approximate surface area is 110 Å². The van der Waals surface area contributed by atoms with Crippen molar-refractivity contribution in [3.63, 3.8) is 0 Å². The lowest BCUT2D eigenvalue weighted by atomic mass is 10.2. The SMILES string of the molecule is CC(O)CCC(O)(OC(=O)C(C)O)OC(=O)C(C)O. The summed E-state index contributed by atoms with van der Waals surface area (Å²) in [6.45, 7) is 3.63. The second-order valence-corrected chi connectivity index (χ2v) is 4.29. The fourth-order valence-electron chi connectivity index (χ4n) is 0.999. The predicted molar refractivity (Wildman–Crippen MR) is 61.4 cm³/mol. The number of carbonyl (C=O) groups is 2. The summed E-state index contributed by atoms with van der Waals surface area (Å²) in [6.07, 6.45) is -4.31. The summed E-state index contributed by atoms with van der Waals surface area (Å²) < 4.78 is 8.94. The minimum absolute atomic E-state index is 0.0311. The van der Waals surface area contributed by atoms with E-state index in [1.807, 2.05) is 0 Å². The molecule has 0 aliphatic carbocycles. The van der Waals surface area contributed by atoms with Crippen molar-refractivity contribution in [3.8, 4) is 0 Å². The molecule has 3 unspecified atom stereocenters. The average molecular weight is 280 g/mol. The van der Waals surface area contributed by atoms with Crippen LogP contribution >= 0.6 is 0 Å². The molecule has 8 heteroatoms.